The van der Waals surface area contributed by atoms with Crippen LogP contribution in [0.5, 0.6) is 0 Å². The molecule has 6 nitrogen and oxygen atoms in total. The minimum absolute atomic E-state index is 0.716. The van der Waals surface area contributed by atoms with Crippen molar-refractivity contribution in [1.29, 1.82) is 0 Å². The van der Waals surface area contributed by atoms with Crippen molar-refractivity contribution in [1.82, 2.24) is 14.4 Å². The Morgan fingerprint density at radius 1 is 1.00 bits per heavy atom. The Hall–Kier alpha value is -3.38. The topological polar surface area (TPSA) is 54.7 Å². The minimum Gasteiger partial charge on any atom is -0.378 e. The van der Waals surface area contributed by atoms with Gasteiger partial charge >= 0.3 is 0 Å². The number of anilines is 2. The molecule has 1 aliphatic rings. The number of fused-ring (bicyclic) bond motifs is 1. The van der Waals surface area contributed by atoms with Gasteiger partial charge in [-0.2, -0.15) is 0 Å². The summed E-state index contributed by atoms with van der Waals surface area (Å²) in [5, 5.41) is 3.63. The van der Waals surface area contributed by atoms with Crippen molar-refractivity contribution in [3.63, 3.8) is 0 Å². The van der Waals surface area contributed by atoms with E-state index in [-0.39, 0.29) is 0 Å². The van der Waals surface area contributed by atoms with E-state index in [0.29, 0.717) is 6.54 Å². The molecular formula is C25H27N5O. The maximum atomic E-state index is 5.49. The summed E-state index contributed by atoms with van der Waals surface area (Å²) in [5.74, 6) is 1.92. The molecule has 3 heterocycles. The molecule has 1 saturated heterocycles. The minimum atomic E-state index is 0.716. The Balaban J connectivity index is 1.45. The molecule has 0 bridgehead atoms. The maximum absolute atomic E-state index is 5.49. The predicted octanol–water partition coefficient (Wildman–Crippen LogP) is 4.46. The number of aryl methyl sites for hydroxylation is 2. The number of benzene rings is 2. The van der Waals surface area contributed by atoms with E-state index in [4.69, 9.17) is 9.72 Å². The van der Waals surface area contributed by atoms with Crippen LogP contribution in [-0.2, 0) is 11.3 Å². The second-order valence-electron chi connectivity index (χ2n) is 7.97. The smallest absolute Gasteiger partial charge is 0.182 e. The Bertz CT molecular complexity index is 1190. The number of ether oxygens (including phenoxy) is 1. The van der Waals surface area contributed by atoms with Gasteiger partial charge in [0, 0.05) is 32.0 Å². The number of rotatable bonds is 5. The fourth-order valence-electron chi connectivity index (χ4n) is 4.16. The summed E-state index contributed by atoms with van der Waals surface area (Å²) in [5.41, 5.74) is 6.86. The highest BCUT2D eigenvalue weighted by Gasteiger charge is 2.19. The molecule has 158 valence electrons. The van der Waals surface area contributed by atoms with E-state index in [9.17, 15) is 0 Å². The lowest BCUT2D eigenvalue weighted by molar-refractivity contribution is 0.122. The van der Waals surface area contributed by atoms with E-state index < -0.39 is 0 Å². The Labute approximate surface area is 182 Å². The van der Waals surface area contributed by atoms with Gasteiger partial charge < -0.3 is 15.0 Å². The largest absolute Gasteiger partial charge is 0.378 e. The van der Waals surface area contributed by atoms with E-state index in [1.165, 1.54) is 22.3 Å². The molecule has 0 saturated carbocycles. The van der Waals surface area contributed by atoms with Crippen molar-refractivity contribution in [2.24, 2.45) is 0 Å². The molecule has 6 heteroatoms. The van der Waals surface area contributed by atoms with Crippen molar-refractivity contribution in [3.05, 3.63) is 77.7 Å². The molecule has 0 radical (unpaired) electrons. The van der Waals surface area contributed by atoms with Crippen LogP contribution in [0.25, 0.3) is 16.8 Å². The van der Waals surface area contributed by atoms with Crippen molar-refractivity contribution >= 4 is 17.3 Å². The van der Waals surface area contributed by atoms with Gasteiger partial charge in [-0.3, -0.25) is 4.40 Å². The second kappa shape index (κ2) is 8.40. The molecule has 0 amide bonds. The summed E-state index contributed by atoms with van der Waals surface area (Å²) in [4.78, 5) is 11.7. The summed E-state index contributed by atoms with van der Waals surface area (Å²) in [6.45, 7) is 8.01. The third-order valence-electron chi connectivity index (χ3n) is 5.83. The highest BCUT2D eigenvalue weighted by molar-refractivity contribution is 5.71. The number of hydrogen-bond acceptors (Lipinski definition) is 5. The lowest BCUT2D eigenvalue weighted by Crippen LogP contribution is -2.37. The number of morpholine rings is 1. The first-order valence-electron chi connectivity index (χ1n) is 10.8. The normalized spacial score (nSPS) is 14.2. The first-order valence-corrected chi connectivity index (χ1v) is 10.8. The Morgan fingerprint density at radius 2 is 1.77 bits per heavy atom. The van der Waals surface area contributed by atoms with Crippen LogP contribution >= 0.6 is 0 Å². The molecule has 4 aromatic rings. The van der Waals surface area contributed by atoms with Crippen LogP contribution in [0.2, 0.25) is 0 Å². The van der Waals surface area contributed by atoms with E-state index in [0.717, 1.165) is 49.3 Å². The lowest BCUT2D eigenvalue weighted by Gasteiger charge is -2.27. The number of nitrogens with zero attached hydrogens (tertiary/aromatic N) is 4. The highest BCUT2D eigenvalue weighted by atomic mass is 16.5. The Kier molecular flexibility index (Phi) is 5.30. The number of nitrogens with one attached hydrogen (secondary N) is 1. The molecule has 1 fully saturated rings. The third kappa shape index (κ3) is 3.86. The van der Waals surface area contributed by atoms with Crippen molar-refractivity contribution in [2.45, 2.75) is 20.4 Å². The van der Waals surface area contributed by atoms with E-state index >= 15 is 0 Å². The number of hydrogen-bond donors (Lipinski definition) is 1. The summed E-state index contributed by atoms with van der Waals surface area (Å²) < 4.78 is 7.61. The quantitative estimate of drug-likeness (QED) is 0.523. The van der Waals surface area contributed by atoms with Crippen LogP contribution in [-0.4, -0.2) is 40.7 Å². The maximum Gasteiger partial charge on any atom is 0.182 e. The average molecular weight is 414 g/mol. The zero-order chi connectivity index (χ0) is 21.2. The fourth-order valence-corrected chi connectivity index (χ4v) is 4.16. The molecular weight excluding hydrogens is 386 g/mol. The second-order valence-corrected chi connectivity index (χ2v) is 7.97. The summed E-state index contributed by atoms with van der Waals surface area (Å²) in [6, 6.07) is 17.3. The van der Waals surface area contributed by atoms with Gasteiger partial charge in [-0.1, -0.05) is 54.1 Å². The van der Waals surface area contributed by atoms with Gasteiger partial charge in [-0.05, 0) is 30.5 Å². The van der Waals surface area contributed by atoms with Crippen molar-refractivity contribution in [2.75, 3.05) is 36.5 Å². The SMILES string of the molecule is Cc1ccc(-c2ccccc2CNc2c(C)nc3c(N4CCOCC4)nccn23)cc1. The molecule has 5 rings (SSSR count). The number of imidazole rings is 1. The first kappa shape index (κ1) is 19.6. The molecule has 2 aromatic heterocycles. The van der Waals surface area contributed by atoms with Gasteiger partial charge in [-0.15, -0.1) is 0 Å². The van der Waals surface area contributed by atoms with Crippen molar-refractivity contribution < 1.29 is 4.74 Å². The van der Waals surface area contributed by atoms with Gasteiger partial charge in [0.1, 0.15) is 5.82 Å². The van der Waals surface area contributed by atoms with Crippen LogP contribution in [0.1, 0.15) is 16.8 Å². The molecule has 1 N–H and O–H groups in total. The molecule has 0 atom stereocenters. The Morgan fingerprint density at radius 3 is 2.58 bits per heavy atom. The average Bonchev–Trinajstić information content (AvgIpc) is 3.14. The lowest BCUT2D eigenvalue weighted by atomic mass is 9.99. The molecule has 2 aromatic carbocycles. The van der Waals surface area contributed by atoms with Crippen LogP contribution in [0.3, 0.4) is 0 Å². The van der Waals surface area contributed by atoms with Gasteiger partial charge in [0.25, 0.3) is 0 Å². The summed E-state index contributed by atoms with van der Waals surface area (Å²) in [6.07, 6.45) is 3.83. The van der Waals surface area contributed by atoms with Crippen molar-refractivity contribution in [3.8, 4) is 11.1 Å². The molecule has 1 aliphatic heterocycles. The predicted molar refractivity (Wildman–Crippen MR) is 125 cm³/mol. The van der Waals surface area contributed by atoms with Crippen LogP contribution < -0.4 is 10.2 Å². The molecule has 0 aliphatic carbocycles. The zero-order valence-corrected chi connectivity index (χ0v) is 18.0. The zero-order valence-electron chi connectivity index (χ0n) is 18.0. The summed E-state index contributed by atoms with van der Waals surface area (Å²) in [7, 11) is 0. The van der Waals surface area contributed by atoms with E-state index in [1.807, 2.05) is 19.3 Å². The van der Waals surface area contributed by atoms with Gasteiger partial charge in [0.15, 0.2) is 11.5 Å². The first-order chi connectivity index (χ1) is 15.2. The third-order valence-corrected chi connectivity index (χ3v) is 5.83. The van der Waals surface area contributed by atoms with Crippen LogP contribution in [0, 0.1) is 13.8 Å². The van der Waals surface area contributed by atoms with E-state index in [2.05, 4.69) is 75.1 Å². The molecule has 0 spiro atoms. The van der Waals surface area contributed by atoms with Gasteiger partial charge in [0.05, 0.1) is 18.9 Å². The van der Waals surface area contributed by atoms with Crippen LogP contribution in [0.4, 0.5) is 11.6 Å². The molecule has 0 unspecified atom stereocenters. The monoisotopic (exact) mass is 413 g/mol. The fraction of sp³-hybridized carbons (Fsp3) is 0.280. The van der Waals surface area contributed by atoms with E-state index in [1.54, 1.807) is 0 Å². The van der Waals surface area contributed by atoms with Crippen LogP contribution in [0.15, 0.2) is 60.9 Å². The molecule has 31 heavy (non-hydrogen) atoms. The van der Waals surface area contributed by atoms with Gasteiger partial charge in [-0.25, -0.2) is 9.97 Å². The standard InChI is InChI=1S/C25H27N5O/c1-18-7-9-20(10-8-18)22-6-4-3-5-21(22)17-27-23-19(2)28-25-24(26-11-12-30(23)25)29-13-15-31-16-14-29/h3-12,27H,13-17H2,1-2H3. The summed E-state index contributed by atoms with van der Waals surface area (Å²) >= 11 is 0. The van der Waals surface area contributed by atoms with Gasteiger partial charge in [0.2, 0.25) is 0 Å². The highest BCUT2D eigenvalue weighted by Crippen LogP contribution is 2.28. The number of aromatic nitrogens is 3.